The van der Waals surface area contributed by atoms with Crippen LogP contribution in [0.2, 0.25) is 0 Å². The molecule has 0 aliphatic heterocycles. The number of hydrogen-bond donors (Lipinski definition) is 0. The van der Waals surface area contributed by atoms with Crippen molar-refractivity contribution in [2.45, 2.75) is 33.3 Å². The fraction of sp³-hybridized carbons (Fsp3) is 0.467. The molecule has 0 aromatic heterocycles. The second kappa shape index (κ2) is 6.93. The maximum absolute atomic E-state index is 11.6. The van der Waals surface area contributed by atoms with Gasteiger partial charge in [-0.05, 0) is 39.8 Å². The van der Waals surface area contributed by atoms with Crippen LogP contribution < -0.4 is 9.47 Å². The highest BCUT2D eigenvalue weighted by Crippen LogP contribution is 2.30. The quantitative estimate of drug-likeness (QED) is 0.592. The summed E-state index contributed by atoms with van der Waals surface area (Å²) < 4.78 is 15.9. The molecule has 0 atom stereocenters. The molecular formula is C15H20O5. The van der Waals surface area contributed by atoms with Crippen LogP contribution in [-0.2, 0) is 9.53 Å². The van der Waals surface area contributed by atoms with E-state index in [4.69, 9.17) is 14.2 Å². The summed E-state index contributed by atoms with van der Waals surface area (Å²) in [5.41, 5.74) is -0.243. The maximum atomic E-state index is 11.6. The molecule has 0 fully saturated rings. The third kappa shape index (κ3) is 4.91. The Labute approximate surface area is 118 Å². The van der Waals surface area contributed by atoms with Crippen molar-refractivity contribution >= 4 is 12.3 Å². The van der Waals surface area contributed by atoms with Gasteiger partial charge in [0.25, 0.3) is 0 Å². The monoisotopic (exact) mass is 280 g/mol. The molecule has 0 unspecified atom stereocenters. The van der Waals surface area contributed by atoms with E-state index in [1.807, 2.05) is 6.92 Å². The first-order valence-corrected chi connectivity index (χ1v) is 6.43. The Morgan fingerprint density at radius 1 is 1.25 bits per heavy atom. The van der Waals surface area contributed by atoms with Crippen LogP contribution in [0.5, 0.6) is 11.5 Å². The summed E-state index contributed by atoms with van der Waals surface area (Å²) in [6, 6.07) is 4.97. The SMILES string of the molecule is CCOc1cccc(C=O)c1OCC(=O)OC(C)(C)C. The first kappa shape index (κ1) is 16.0. The molecule has 5 heteroatoms. The van der Waals surface area contributed by atoms with E-state index >= 15 is 0 Å². The van der Waals surface area contributed by atoms with Gasteiger partial charge >= 0.3 is 5.97 Å². The first-order chi connectivity index (χ1) is 9.37. The summed E-state index contributed by atoms with van der Waals surface area (Å²) in [5.74, 6) is 0.191. The molecule has 0 radical (unpaired) electrons. The van der Waals surface area contributed by atoms with Gasteiger partial charge in [-0.1, -0.05) is 6.07 Å². The average Bonchev–Trinajstić information content (AvgIpc) is 2.35. The first-order valence-electron chi connectivity index (χ1n) is 6.43. The normalized spacial score (nSPS) is 10.8. The number of rotatable bonds is 6. The lowest BCUT2D eigenvalue weighted by Gasteiger charge is -2.20. The summed E-state index contributed by atoms with van der Waals surface area (Å²) in [7, 11) is 0. The van der Waals surface area contributed by atoms with E-state index in [0.717, 1.165) is 0 Å². The van der Waals surface area contributed by atoms with E-state index in [-0.39, 0.29) is 12.4 Å². The minimum atomic E-state index is -0.576. The van der Waals surface area contributed by atoms with Gasteiger partial charge in [0.2, 0.25) is 0 Å². The third-order valence-corrected chi connectivity index (χ3v) is 2.19. The Balaban J connectivity index is 2.80. The second-order valence-corrected chi connectivity index (χ2v) is 5.10. The van der Waals surface area contributed by atoms with Crippen molar-refractivity contribution in [3.8, 4) is 11.5 Å². The number of ether oxygens (including phenoxy) is 3. The highest BCUT2D eigenvalue weighted by molar-refractivity contribution is 5.81. The molecule has 0 aliphatic rings. The van der Waals surface area contributed by atoms with Crippen molar-refractivity contribution in [2.24, 2.45) is 0 Å². The van der Waals surface area contributed by atoms with Gasteiger partial charge in [0.1, 0.15) is 5.60 Å². The zero-order chi connectivity index (χ0) is 15.2. The molecule has 0 saturated heterocycles. The fourth-order valence-electron chi connectivity index (χ4n) is 1.55. The summed E-state index contributed by atoms with van der Waals surface area (Å²) in [5, 5.41) is 0. The Morgan fingerprint density at radius 3 is 2.50 bits per heavy atom. The van der Waals surface area contributed by atoms with Crippen molar-refractivity contribution in [2.75, 3.05) is 13.2 Å². The fourth-order valence-corrected chi connectivity index (χ4v) is 1.55. The predicted octanol–water partition coefficient (Wildman–Crippen LogP) is 2.62. The lowest BCUT2D eigenvalue weighted by Crippen LogP contribution is -2.27. The molecule has 0 saturated carbocycles. The van der Waals surface area contributed by atoms with Crippen molar-refractivity contribution < 1.29 is 23.8 Å². The molecule has 0 spiro atoms. The molecule has 0 amide bonds. The lowest BCUT2D eigenvalue weighted by molar-refractivity contribution is -0.157. The number of carbonyl (C=O) groups is 2. The van der Waals surface area contributed by atoms with Crippen LogP contribution in [0.3, 0.4) is 0 Å². The number of esters is 1. The number of carbonyl (C=O) groups excluding carboxylic acids is 2. The van der Waals surface area contributed by atoms with Crippen molar-refractivity contribution in [3.63, 3.8) is 0 Å². The molecule has 1 rings (SSSR count). The molecule has 0 heterocycles. The van der Waals surface area contributed by atoms with Gasteiger partial charge in [0.05, 0.1) is 12.2 Å². The van der Waals surface area contributed by atoms with Crippen molar-refractivity contribution in [1.82, 2.24) is 0 Å². The number of hydrogen-bond acceptors (Lipinski definition) is 5. The Bertz CT molecular complexity index is 474. The van der Waals surface area contributed by atoms with E-state index in [0.29, 0.717) is 24.2 Å². The Kier molecular flexibility index (Phi) is 5.55. The Hall–Kier alpha value is -2.04. The maximum Gasteiger partial charge on any atom is 0.344 e. The molecule has 5 nitrogen and oxygen atoms in total. The van der Waals surface area contributed by atoms with Gasteiger partial charge in [-0.25, -0.2) is 4.79 Å². The van der Waals surface area contributed by atoms with Gasteiger partial charge in [0, 0.05) is 0 Å². The third-order valence-electron chi connectivity index (χ3n) is 2.19. The molecule has 1 aromatic carbocycles. The summed E-state index contributed by atoms with van der Waals surface area (Å²) in [6.07, 6.45) is 0.660. The van der Waals surface area contributed by atoms with Crippen molar-refractivity contribution in [3.05, 3.63) is 23.8 Å². The van der Waals surface area contributed by atoms with E-state index in [2.05, 4.69) is 0 Å². The van der Waals surface area contributed by atoms with Crippen LogP contribution in [0, 0.1) is 0 Å². The molecule has 0 N–H and O–H groups in total. The van der Waals surface area contributed by atoms with Gasteiger partial charge in [-0.2, -0.15) is 0 Å². The number of benzene rings is 1. The topological polar surface area (TPSA) is 61.8 Å². The highest BCUT2D eigenvalue weighted by atomic mass is 16.6. The molecule has 0 aliphatic carbocycles. The van der Waals surface area contributed by atoms with Crippen LogP contribution >= 0.6 is 0 Å². The molecule has 1 aromatic rings. The average molecular weight is 280 g/mol. The zero-order valence-corrected chi connectivity index (χ0v) is 12.3. The molecule has 110 valence electrons. The predicted molar refractivity (Wildman–Crippen MR) is 74.3 cm³/mol. The van der Waals surface area contributed by atoms with Gasteiger partial charge in [0.15, 0.2) is 24.4 Å². The minimum Gasteiger partial charge on any atom is -0.490 e. The van der Waals surface area contributed by atoms with Crippen LogP contribution in [0.25, 0.3) is 0 Å². The molecule has 20 heavy (non-hydrogen) atoms. The largest absolute Gasteiger partial charge is 0.490 e. The zero-order valence-electron chi connectivity index (χ0n) is 12.3. The van der Waals surface area contributed by atoms with Crippen molar-refractivity contribution in [1.29, 1.82) is 0 Å². The van der Waals surface area contributed by atoms with Crippen LogP contribution in [0.15, 0.2) is 18.2 Å². The second-order valence-electron chi connectivity index (χ2n) is 5.10. The number of para-hydroxylation sites is 1. The van der Waals surface area contributed by atoms with Crippen LogP contribution in [0.1, 0.15) is 38.1 Å². The van der Waals surface area contributed by atoms with E-state index in [9.17, 15) is 9.59 Å². The summed E-state index contributed by atoms with van der Waals surface area (Å²) in [6.45, 7) is 7.31. The van der Waals surface area contributed by atoms with Gasteiger partial charge in [-0.3, -0.25) is 4.79 Å². The number of aldehydes is 1. The van der Waals surface area contributed by atoms with Gasteiger partial charge in [-0.15, -0.1) is 0 Å². The standard InChI is InChI=1S/C15H20O5/c1-5-18-12-8-6-7-11(9-16)14(12)19-10-13(17)20-15(2,3)4/h6-9H,5,10H2,1-4H3. The summed E-state index contributed by atoms with van der Waals surface area (Å²) >= 11 is 0. The van der Waals surface area contributed by atoms with Gasteiger partial charge < -0.3 is 14.2 Å². The highest BCUT2D eigenvalue weighted by Gasteiger charge is 2.18. The van der Waals surface area contributed by atoms with Crippen LogP contribution in [0.4, 0.5) is 0 Å². The van der Waals surface area contributed by atoms with E-state index in [1.165, 1.54) is 0 Å². The van der Waals surface area contributed by atoms with Crippen LogP contribution in [-0.4, -0.2) is 31.1 Å². The minimum absolute atomic E-state index is 0.259. The smallest absolute Gasteiger partial charge is 0.344 e. The molecular weight excluding hydrogens is 260 g/mol. The lowest BCUT2D eigenvalue weighted by atomic mass is 10.2. The van der Waals surface area contributed by atoms with E-state index < -0.39 is 11.6 Å². The molecule has 0 bridgehead atoms. The Morgan fingerprint density at radius 2 is 1.95 bits per heavy atom. The van der Waals surface area contributed by atoms with E-state index in [1.54, 1.807) is 39.0 Å². The summed E-state index contributed by atoms with van der Waals surface area (Å²) in [4.78, 5) is 22.6.